The van der Waals surface area contributed by atoms with Crippen molar-refractivity contribution >= 4 is 44.6 Å². The Morgan fingerprint density at radius 3 is 3.03 bits per heavy atom. The molecule has 0 saturated carbocycles. The smallest absolute Gasteiger partial charge is 0.240 e. The molecule has 2 N–H and O–H groups in total. The molecule has 1 saturated heterocycles. The van der Waals surface area contributed by atoms with Crippen LogP contribution in [-0.4, -0.2) is 46.6 Å². The largest absolute Gasteiger partial charge is 0.377 e. The fraction of sp³-hybridized carbons (Fsp3) is 0.304. The Morgan fingerprint density at radius 2 is 2.19 bits per heavy atom. The van der Waals surface area contributed by atoms with Gasteiger partial charge in [-0.05, 0) is 30.4 Å². The lowest BCUT2D eigenvalue weighted by Gasteiger charge is -2.23. The third-order valence-electron chi connectivity index (χ3n) is 5.43. The number of ether oxygens (including phenoxy) is 1. The van der Waals surface area contributed by atoms with Gasteiger partial charge in [0.05, 0.1) is 18.3 Å². The van der Waals surface area contributed by atoms with Crippen LogP contribution in [0, 0.1) is 0 Å². The zero-order valence-electron chi connectivity index (χ0n) is 17.0. The molecule has 160 valence electrons. The molecule has 0 spiro atoms. The predicted octanol–water partition coefficient (Wildman–Crippen LogP) is 4.97. The summed E-state index contributed by atoms with van der Waals surface area (Å²) in [7, 11) is 0. The number of carbonyl (C=O) groups is 1. The fourth-order valence-corrected chi connectivity index (χ4v) is 5.46. The van der Waals surface area contributed by atoms with E-state index in [1.165, 1.54) is 16.2 Å². The van der Waals surface area contributed by atoms with Crippen LogP contribution >= 0.6 is 22.7 Å². The van der Waals surface area contributed by atoms with E-state index >= 15 is 0 Å². The van der Waals surface area contributed by atoms with Crippen LogP contribution in [0.4, 0.5) is 5.13 Å². The van der Waals surface area contributed by atoms with Gasteiger partial charge in [0, 0.05) is 52.6 Å². The number of fused-ring (bicyclic) bond motifs is 1. The van der Waals surface area contributed by atoms with E-state index in [-0.39, 0.29) is 12.0 Å². The third kappa shape index (κ3) is 4.88. The second-order valence-corrected chi connectivity index (χ2v) is 9.61. The standard InChI is InChI=1S/C23H24N4O2S2/c28-22(14-27(12-16-5-3-9-29-16)13-17-6-4-10-30-17)26-23-25-21(15-31-23)19-11-24-20-8-2-1-7-18(19)20/h1-2,4,6-8,10-11,15-16,24H,3,5,9,12-14H2,(H,25,26,28)/t16-/m1/s1. The topological polar surface area (TPSA) is 70.2 Å². The molecule has 5 rings (SSSR count). The summed E-state index contributed by atoms with van der Waals surface area (Å²) in [6.07, 6.45) is 4.33. The van der Waals surface area contributed by atoms with Gasteiger partial charge in [-0.25, -0.2) is 4.98 Å². The molecular formula is C23H24N4O2S2. The van der Waals surface area contributed by atoms with E-state index in [9.17, 15) is 4.79 Å². The van der Waals surface area contributed by atoms with E-state index in [2.05, 4.69) is 37.7 Å². The van der Waals surface area contributed by atoms with Crippen LogP contribution in [0.25, 0.3) is 22.2 Å². The van der Waals surface area contributed by atoms with Gasteiger partial charge in [-0.1, -0.05) is 24.3 Å². The van der Waals surface area contributed by atoms with Crippen molar-refractivity contribution in [3.63, 3.8) is 0 Å². The lowest BCUT2D eigenvalue weighted by Crippen LogP contribution is -2.37. The highest BCUT2D eigenvalue weighted by atomic mass is 32.1. The second-order valence-electron chi connectivity index (χ2n) is 7.72. The van der Waals surface area contributed by atoms with Crippen LogP contribution in [0.15, 0.2) is 53.4 Å². The molecule has 3 aromatic heterocycles. The molecule has 8 heteroatoms. The Hall–Kier alpha value is -2.52. The van der Waals surface area contributed by atoms with Crippen LogP contribution in [0.1, 0.15) is 17.7 Å². The van der Waals surface area contributed by atoms with Gasteiger partial charge in [-0.2, -0.15) is 0 Å². The number of hydrogen-bond donors (Lipinski definition) is 2. The average molecular weight is 453 g/mol. The summed E-state index contributed by atoms with van der Waals surface area (Å²) in [4.78, 5) is 24.2. The summed E-state index contributed by atoms with van der Waals surface area (Å²) >= 11 is 3.17. The highest BCUT2D eigenvalue weighted by Gasteiger charge is 2.22. The minimum atomic E-state index is -0.0469. The molecule has 1 fully saturated rings. The van der Waals surface area contributed by atoms with Crippen molar-refractivity contribution in [3.05, 3.63) is 58.2 Å². The molecule has 1 aliphatic heterocycles. The highest BCUT2D eigenvalue weighted by molar-refractivity contribution is 7.14. The first-order valence-electron chi connectivity index (χ1n) is 10.4. The summed E-state index contributed by atoms with van der Waals surface area (Å²) in [6, 6.07) is 12.3. The molecule has 1 amide bonds. The van der Waals surface area contributed by atoms with Gasteiger partial charge in [0.2, 0.25) is 5.91 Å². The number of nitrogens with zero attached hydrogens (tertiary/aromatic N) is 2. The number of hydrogen-bond acceptors (Lipinski definition) is 6. The summed E-state index contributed by atoms with van der Waals surface area (Å²) in [6.45, 7) is 2.66. The second kappa shape index (κ2) is 9.32. The molecule has 1 aliphatic rings. The molecule has 4 aromatic rings. The first-order valence-corrected chi connectivity index (χ1v) is 12.2. The Morgan fingerprint density at radius 1 is 1.26 bits per heavy atom. The Labute approximate surface area is 188 Å². The van der Waals surface area contributed by atoms with Gasteiger partial charge in [-0.15, -0.1) is 22.7 Å². The zero-order chi connectivity index (χ0) is 21.0. The van der Waals surface area contributed by atoms with Gasteiger partial charge < -0.3 is 15.0 Å². The van der Waals surface area contributed by atoms with Crippen LogP contribution in [0.5, 0.6) is 0 Å². The Balaban J connectivity index is 1.25. The molecule has 0 bridgehead atoms. The molecule has 1 atom stereocenters. The van der Waals surface area contributed by atoms with Gasteiger partial charge in [0.25, 0.3) is 0 Å². The highest BCUT2D eigenvalue weighted by Crippen LogP contribution is 2.31. The number of nitrogens with one attached hydrogen (secondary N) is 2. The summed E-state index contributed by atoms with van der Waals surface area (Å²) in [5.74, 6) is -0.0469. The van der Waals surface area contributed by atoms with E-state index in [1.807, 2.05) is 35.8 Å². The SMILES string of the molecule is O=C(CN(Cc1cccs1)C[C@H]1CCCO1)Nc1nc(-c2c[nH]c3ccccc23)cs1. The van der Waals surface area contributed by atoms with Crippen LogP contribution in [0.3, 0.4) is 0 Å². The maximum atomic E-state index is 12.8. The van der Waals surface area contributed by atoms with Crippen LogP contribution < -0.4 is 5.32 Å². The monoisotopic (exact) mass is 452 g/mol. The molecule has 4 heterocycles. The predicted molar refractivity (Wildman–Crippen MR) is 127 cm³/mol. The van der Waals surface area contributed by atoms with Gasteiger partial charge in [0.15, 0.2) is 5.13 Å². The number of thiazole rings is 1. The molecule has 6 nitrogen and oxygen atoms in total. The third-order valence-corrected chi connectivity index (χ3v) is 7.05. The minimum absolute atomic E-state index is 0.0469. The lowest BCUT2D eigenvalue weighted by atomic mass is 10.1. The maximum Gasteiger partial charge on any atom is 0.240 e. The van der Waals surface area contributed by atoms with E-state index in [1.54, 1.807) is 11.3 Å². The van der Waals surface area contributed by atoms with Gasteiger partial charge in [-0.3, -0.25) is 9.69 Å². The van der Waals surface area contributed by atoms with Crippen molar-refractivity contribution in [2.75, 3.05) is 25.0 Å². The Bertz CT molecular complexity index is 1150. The number of benzene rings is 1. The van der Waals surface area contributed by atoms with Crippen molar-refractivity contribution in [2.24, 2.45) is 0 Å². The first kappa shape index (κ1) is 20.4. The number of amides is 1. The average Bonchev–Trinajstić information content (AvgIpc) is 3.55. The first-order chi connectivity index (χ1) is 15.2. The van der Waals surface area contributed by atoms with Crippen LogP contribution in [-0.2, 0) is 16.1 Å². The minimum Gasteiger partial charge on any atom is -0.377 e. The zero-order valence-corrected chi connectivity index (χ0v) is 18.7. The summed E-state index contributed by atoms with van der Waals surface area (Å²) in [5.41, 5.74) is 2.99. The molecule has 0 aliphatic carbocycles. The molecule has 0 unspecified atom stereocenters. The maximum absolute atomic E-state index is 12.8. The number of para-hydroxylation sites is 1. The van der Waals surface area contributed by atoms with E-state index in [4.69, 9.17) is 4.74 Å². The number of carbonyl (C=O) groups excluding carboxylic acids is 1. The van der Waals surface area contributed by atoms with Crippen molar-refractivity contribution in [2.45, 2.75) is 25.5 Å². The molecule has 31 heavy (non-hydrogen) atoms. The normalized spacial score (nSPS) is 16.4. The summed E-state index contributed by atoms with van der Waals surface area (Å²) in [5, 5.41) is 8.80. The number of rotatable bonds is 8. The summed E-state index contributed by atoms with van der Waals surface area (Å²) < 4.78 is 5.80. The molecule has 1 aromatic carbocycles. The van der Waals surface area contributed by atoms with E-state index < -0.39 is 0 Å². The van der Waals surface area contributed by atoms with Gasteiger partial charge in [0.1, 0.15) is 0 Å². The number of anilines is 1. The number of H-pyrrole nitrogens is 1. The number of aromatic nitrogens is 2. The van der Waals surface area contributed by atoms with E-state index in [0.717, 1.165) is 54.7 Å². The van der Waals surface area contributed by atoms with Crippen LogP contribution in [0.2, 0.25) is 0 Å². The van der Waals surface area contributed by atoms with E-state index in [0.29, 0.717) is 11.7 Å². The molecule has 0 radical (unpaired) electrons. The Kier molecular flexibility index (Phi) is 6.13. The van der Waals surface area contributed by atoms with Crippen molar-refractivity contribution in [1.82, 2.24) is 14.9 Å². The fourth-order valence-electron chi connectivity index (χ4n) is 3.98. The lowest BCUT2D eigenvalue weighted by molar-refractivity contribution is -0.117. The molecular weight excluding hydrogens is 428 g/mol. The number of aromatic amines is 1. The quantitative estimate of drug-likeness (QED) is 0.396. The number of thiophene rings is 1. The van der Waals surface area contributed by atoms with Crippen molar-refractivity contribution in [3.8, 4) is 11.3 Å². The van der Waals surface area contributed by atoms with Crippen molar-refractivity contribution < 1.29 is 9.53 Å². The van der Waals surface area contributed by atoms with Gasteiger partial charge >= 0.3 is 0 Å². The van der Waals surface area contributed by atoms with Crippen molar-refractivity contribution in [1.29, 1.82) is 0 Å².